The molecular weight excluding hydrogens is 865 g/mol. The van der Waals surface area contributed by atoms with Gasteiger partial charge in [-0.2, -0.15) is 0 Å². The molecule has 1 atom stereocenters. The van der Waals surface area contributed by atoms with E-state index in [0.29, 0.717) is 19.3 Å². The van der Waals surface area contributed by atoms with Crippen molar-refractivity contribution in [1.82, 2.24) is 0 Å². The van der Waals surface area contributed by atoms with Crippen LogP contribution < -0.4 is 0 Å². The third kappa shape index (κ3) is 55.8. The Labute approximate surface area is 433 Å². The number of ether oxygens (including phenoxy) is 3. The van der Waals surface area contributed by atoms with Crippen LogP contribution in [0, 0.1) is 0 Å². The monoisotopic (exact) mass is 977 g/mol. The molecule has 70 heavy (non-hydrogen) atoms. The van der Waals surface area contributed by atoms with E-state index in [2.05, 4.69) is 69.4 Å². The molecule has 0 bridgehead atoms. The topological polar surface area (TPSA) is 78.9 Å². The Morgan fingerprint density at radius 2 is 0.557 bits per heavy atom. The van der Waals surface area contributed by atoms with Crippen LogP contribution in [0.15, 0.2) is 72.9 Å². The van der Waals surface area contributed by atoms with Crippen LogP contribution in [0.1, 0.15) is 297 Å². The molecule has 0 rings (SSSR count). The summed E-state index contributed by atoms with van der Waals surface area (Å²) in [5.74, 6) is -0.902. The van der Waals surface area contributed by atoms with Gasteiger partial charge in [0.25, 0.3) is 0 Å². The van der Waals surface area contributed by atoms with Crippen molar-refractivity contribution in [2.45, 2.75) is 303 Å². The zero-order chi connectivity index (χ0) is 50.7. The fraction of sp³-hybridized carbons (Fsp3) is 0.766. The zero-order valence-corrected chi connectivity index (χ0v) is 46.3. The quantitative estimate of drug-likeness (QED) is 0.0199. The largest absolute Gasteiger partial charge is 0.462 e. The summed E-state index contributed by atoms with van der Waals surface area (Å²) < 4.78 is 16.9. The van der Waals surface area contributed by atoms with Crippen molar-refractivity contribution in [2.24, 2.45) is 0 Å². The van der Waals surface area contributed by atoms with Gasteiger partial charge in [0, 0.05) is 19.3 Å². The average Bonchev–Trinajstić information content (AvgIpc) is 3.36. The lowest BCUT2D eigenvalue weighted by Crippen LogP contribution is -2.30. The van der Waals surface area contributed by atoms with Gasteiger partial charge in [-0.1, -0.05) is 286 Å². The van der Waals surface area contributed by atoms with E-state index < -0.39 is 6.10 Å². The third-order valence-electron chi connectivity index (χ3n) is 13.0. The molecule has 0 saturated heterocycles. The number of unbranched alkanes of at least 4 members (excludes halogenated alkanes) is 35. The van der Waals surface area contributed by atoms with Crippen LogP contribution in [0.3, 0.4) is 0 Å². The van der Waals surface area contributed by atoms with Gasteiger partial charge < -0.3 is 14.2 Å². The number of esters is 3. The molecule has 0 aliphatic rings. The van der Waals surface area contributed by atoms with Gasteiger partial charge in [-0.25, -0.2) is 0 Å². The lowest BCUT2D eigenvalue weighted by Gasteiger charge is -2.18. The maximum Gasteiger partial charge on any atom is 0.306 e. The van der Waals surface area contributed by atoms with E-state index in [1.807, 2.05) is 24.3 Å². The summed E-state index contributed by atoms with van der Waals surface area (Å²) in [5.41, 5.74) is 0. The van der Waals surface area contributed by atoms with E-state index in [-0.39, 0.29) is 31.1 Å². The average molecular weight is 978 g/mol. The predicted molar refractivity (Wildman–Crippen MR) is 302 cm³/mol. The number of rotatable bonds is 54. The van der Waals surface area contributed by atoms with Gasteiger partial charge in [0.1, 0.15) is 13.2 Å². The highest BCUT2D eigenvalue weighted by molar-refractivity contribution is 5.71. The van der Waals surface area contributed by atoms with Crippen LogP contribution >= 0.6 is 0 Å². The minimum Gasteiger partial charge on any atom is -0.462 e. The summed E-state index contributed by atoms with van der Waals surface area (Å²) in [5, 5.41) is 0. The van der Waals surface area contributed by atoms with Gasteiger partial charge >= 0.3 is 17.9 Å². The van der Waals surface area contributed by atoms with E-state index in [0.717, 1.165) is 83.5 Å². The maximum atomic E-state index is 12.9. The van der Waals surface area contributed by atoms with Gasteiger partial charge in [-0.3, -0.25) is 14.4 Å². The second-order valence-corrected chi connectivity index (χ2v) is 20.0. The normalized spacial score (nSPS) is 12.6. The van der Waals surface area contributed by atoms with E-state index in [1.165, 1.54) is 173 Å². The van der Waals surface area contributed by atoms with Crippen LogP contribution in [-0.2, 0) is 28.6 Å². The SMILES string of the molecule is CCC\C=C/C=C\C=C/C=C\C=C/CCCCCCCC(=O)OC(COC(=O)CCCCCCCCC/C=C\CCCCCCCCCC)COC(=O)CCCCCCCCCCCCCCCCC. The summed E-state index contributed by atoms with van der Waals surface area (Å²) in [7, 11) is 0. The van der Waals surface area contributed by atoms with Crippen LogP contribution in [0.5, 0.6) is 0 Å². The molecule has 6 heteroatoms. The number of carbonyl (C=O) groups is 3. The number of carbonyl (C=O) groups excluding carboxylic acids is 3. The Hall–Kier alpha value is -3.15. The van der Waals surface area contributed by atoms with Crippen LogP contribution in [0.2, 0.25) is 0 Å². The highest BCUT2D eigenvalue weighted by Gasteiger charge is 2.19. The molecule has 404 valence electrons. The Bertz CT molecular complexity index is 1310. The number of hydrogen-bond donors (Lipinski definition) is 0. The van der Waals surface area contributed by atoms with Gasteiger partial charge in [0.15, 0.2) is 6.10 Å². The van der Waals surface area contributed by atoms with Crippen molar-refractivity contribution in [3.8, 4) is 0 Å². The molecule has 0 aromatic rings. The summed E-state index contributed by atoms with van der Waals surface area (Å²) in [6, 6.07) is 0. The summed E-state index contributed by atoms with van der Waals surface area (Å²) in [6.45, 7) is 6.56. The molecule has 0 saturated carbocycles. The minimum absolute atomic E-state index is 0.0849. The molecule has 0 radical (unpaired) electrons. The van der Waals surface area contributed by atoms with Crippen molar-refractivity contribution in [3.05, 3.63) is 72.9 Å². The molecule has 1 unspecified atom stereocenters. The second kappa shape index (κ2) is 58.4. The fourth-order valence-electron chi connectivity index (χ4n) is 8.53. The van der Waals surface area contributed by atoms with E-state index in [9.17, 15) is 14.4 Å². The van der Waals surface area contributed by atoms with Crippen LogP contribution in [0.4, 0.5) is 0 Å². The predicted octanol–water partition coefficient (Wildman–Crippen LogP) is 20.2. The molecule has 0 aliphatic carbocycles. The fourth-order valence-corrected chi connectivity index (χ4v) is 8.53. The van der Waals surface area contributed by atoms with E-state index in [4.69, 9.17) is 14.2 Å². The molecule has 0 heterocycles. The number of hydrogen-bond acceptors (Lipinski definition) is 6. The van der Waals surface area contributed by atoms with Crippen molar-refractivity contribution in [2.75, 3.05) is 13.2 Å². The second-order valence-electron chi connectivity index (χ2n) is 20.0. The lowest BCUT2D eigenvalue weighted by atomic mass is 10.0. The standard InChI is InChI=1S/C64H112O6/c1-4-7-10-13-16-19-22-25-28-30-32-34-36-39-42-45-48-51-54-57-63(66)69-60-61(59-68-62(65)56-53-50-47-44-41-38-35-27-24-21-18-15-12-9-6-3)70-64(67)58-55-52-49-46-43-40-37-33-31-29-26-23-20-17-14-11-8-5-2/h11,14,17,20,23,26,29-33,37,61H,4-10,12-13,15-16,18-19,21-22,24-25,27-28,34-36,38-60H2,1-3H3/b14-11-,20-17-,26-23-,31-29-,32-30-,37-33-. The van der Waals surface area contributed by atoms with Crippen LogP contribution in [-0.4, -0.2) is 37.2 Å². The maximum absolute atomic E-state index is 12.9. The highest BCUT2D eigenvalue weighted by atomic mass is 16.6. The van der Waals surface area contributed by atoms with Crippen LogP contribution in [0.25, 0.3) is 0 Å². The highest BCUT2D eigenvalue weighted by Crippen LogP contribution is 2.16. The van der Waals surface area contributed by atoms with Gasteiger partial charge in [0.2, 0.25) is 0 Å². The molecule has 6 nitrogen and oxygen atoms in total. The molecule has 0 aromatic heterocycles. The Kier molecular flexibility index (Phi) is 55.8. The van der Waals surface area contributed by atoms with Gasteiger partial charge in [-0.15, -0.1) is 0 Å². The lowest BCUT2D eigenvalue weighted by molar-refractivity contribution is -0.167. The Morgan fingerprint density at radius 3 is 0.900 bits per heavy atom. The van der Waals surface area contributed by atoms with Crippen molar-refractivity contribution >= 4 is 17.9 Å². The summed E-state index contributed by atoms with van der Waals surface area (Å²) in [4.78, 5) is 38.2. The first-order valence-electron chi connectivity index (χ1n) is 30.0. The third-order valence-corrected chi connectivity index (χ3v) is 13.0. The van der Waals surface area contributed by atoms with Crippen molar-refractivity contribution in [3.63, 3.8) is 0 Å². The molecular formula is C64H112O6. The molecule has 0 aliphatic heterocycles. The molecule has 0 N–H and O–H groups in total. The molecule has 0 fully saturated rings. The summed E-state index contributed by atoms with van der Waals surface area (Å²) in [6.07, 6.45) is 74.6. The van der Waals surface area contributed by atoms with E-state index >= 15 is 0 Å². The smallest absolute Gasteiger partial charge is 0.306 e. The van der Waals surface area contributed by atoms with Crippen molar-refractivity contribution < 1.29 is 28.6 Å². The number of allylic oxidation sites excluding steroid dienone is 12. The minimum atomic E-state index is -0.790. The van der Waals surface area contributed by atoms with E-state index in [1.54, 1.807) is 0 Å². The first-order valence-corrected chi connectivity index (χ1v) is 30.0. The Morgan fingerprint density at radius 1 is 0.286 bits per heavy atom. The first kappa shape index (κ1) is 66.9. The molecule has 0 aromatic carbocycles. The zero-order valence-electron chi connectivity index (χ0n) is 46.3. The first-order chi connectivity index (χ1) is 34.5. The molecule has 0 spiro atoms. The van der Waals surface area contributed by atoms with Gasteiger partial charge in [-0.05, 0) is 64.2 Å². The molecule has 0 amide bonds. The van der Waals surface area contributed by atoms with Crippen molar-refractivity contribution in [1.29, 1.82) is 0 Å². The summed E-state index contributed by atoms with van der Waals surface area (Å²) >= 11 is 0. The van der Waals surface area contributed by atoms with Gasteiger partial charge in [0.05, 0.1) is 0 Å². The Balaban J connectivity index is 4.42.